The lowest BCUT2D eigenvalue weighted by Crippen LogP contribution is -2.38. The summed E-state index contributed by atoms with van der Waals surface area (Å²) >= 11 is 0. The summed E-state index contributed by atoms with van der Waals surface area (Å²) in [5, 5.41) is 7.11. The quantitative estimate of drug-likeness (QED) is 0.900. The number of carbonyl (C=O) groups is 2. The third-order valence-corrected chi connectivity index (χ3v) is 5.52. The first-order valence-corrected chi connectivity index (χ1v) is 9.42. The topological polar surface area (TPSA) is 78.5 Å². The highest BCUT2D eigenvalue weighted by Gasteiger charge is 2.26. The molecule has 0 saturated carbocycles. The van der Waals surface area contributed by atoms with Crippen molar-refractivity contribution in [1.29, 1.82) is 0 Å². The van der Waals surface area contributed by atoms with Crippen LogP contribution in [0, 0.1) is 6.92 Å². The number of likely N-dealkylation sites (tertiary alicyclic amines) is 1. The molecule has 27 heavy (non-hydrogen) atoms. The van der Waals surface area contributed by atoms with Crippen LogP contribution in [0.1, 0.15) is 35.6 Å². The van der Waals surface area contributed by atoms with Crippen molar-refractivity contribution >= 4 is 17.7 Å². The minimum absolute atomic E-state index is 0.158. The van der Waals surface area contributed by atoms with Crippen LogP contribution in [0.2, 0.25) is 0 Å². The minimum Gasteiger partial charge on any atom is -0.447 e. The molecule has 7 heteroatoms. The van der Waals surface area contributed by atoms with Crippen molar-refractivity contribution < 1.29 is 14.3 Å². The molecule has 142 valence electrons. The first-order valence-electron chi connectivity index (χ1n) is 9.42. The molecule has 2 aromatic rings. The number of aromatic nitrogens is 2. The van der Waals surface area contributed by atoms with Gasteiger partial charge in [-0.3, -0.25) is 14.8 Å². The van der Waals surface area contributed by atoms with E-state index in [0.29, 0.717) is 25.5 Å². The molecular formula is C20H24N4O3. The molecule has 7 nitrogen and oxygen atoms in total. The lowest BCUT2D eigenvalue weighted by atomic mass is 9.89. The number of ether oxygens (including phenoxy) is 1. The second kappa shape index (κ2) is 7.42. The molecule has 2 fully saturated rings. The molecule has 1 aromatic carbocycles. The summed E-state index contributed by atoms with van der Waals surface area (Å²) in [7, 11) is 0. The number of nitrogens with zero attached hydrogens (tertiary/aromatic N) is 3. The van der Waals surface area contributed by atoms with Gasteiger partial charge in [0.05, 0.1) is 19.2 Å². The van der Waals surface area contributed by atoms with Crippen LogP contribution in [0.3, 0.4) is 0 Å². The lowest BCUT2D eigenvalue weighted by molar-refractivity contribution is -0.131. The summed E-state index contributed by atoms with van der Waals surface area (Å²) in [4.78, 5) is 27.8. The Morgan fingerprint density at radius 2 is 1.96 bits per heavy atom. The predicted octanol–water partition coefficient (Wildman–Crippen LogP) is 2.62. The van der Waals surface area contributed by atoms with E-state index in [0.717, 1.165) is 42.9 Å². The number of hydrogen-bond acceptors (Lipinski definition) is 4. The van der Waals surface area contributed by atoms with Gasteiger partial charge in [-0.25, -0.2) is 4.79 Å². The third-order valence-electron chi connectivity index (χ3n) is 5.52. The molecular weight excluding hydrogens is 344 g/mol. The van der Waals surface area contributed by atoms with Crippen LogP contribution in [0.5, 0.6) is 0 Å². The second-order valence-corrected chi connectivity index (χ2v) is 7.21. The number of amides is 2. The lowest BCUT2D eigenvalue weighted by Gasteiger charge is -2.32. The number of nitrogens with one attached hydrogen (secondary N) is 1. The minimum atomic E-state index is -0.311. The van der Waals surface area contributed by atoms with Crippen LogP contribution in [0.4, 0.5) is 10.5 Å². The smallest absolute Gasteiger partial charge is 0.414 e. The summed E-state index contributed by atoms with van der Waals surface area (Å²) < 4.78 is 4.96. The Balaban J connectivity index is 1.32. The zero-order chi connectivity index (χ0) is 18.8. The van der Waals surface area contributed by atoms with Crippen molar-refractivity contribution in [2.24, 2.45) is 0 Å². The fourth-order valence-corrected chi connectivity index (χ4v) is 3.92. The number of benzene rings is 1. The van der Waals surface area contributed by atoms with E-state index in [4.69, 9.17) is 4.74 Å². The van der Waals surface area contributed by atoms with E-state index < -0.39 is 0 Å². The van der Waals surface area contributed by atoms with Crippen LogP contribution in [0.25, 0.3) is 0 Å². The third kappa shape index (κ3) is 3.67. The fraction of sp³-hybridized carbons (Fsp3) is 0.450. The average molecular weight is 368 g/mol. The number of carbonyl (C=O) groups excluding carboxylic acids is 2. The molecule has 3 heterocycles. The van der Waals surface area contributed by atoms with Gasteiger partial charge < -0.3 is 9.64 Å². The maximum atomic E-state index is 12.6. The number of anilines is 1. The summed E-state index contributed by atoms with van der Waals surface area (Å²) in [6.07, 6.45) is 3.94. The van der Waals surface area contributed by atoms with E-state index in [-0.39, 0.29) is 12.0 Å². The summed E-state index contributed by atoms with van der Waals surface area (Å²) in [6, 6.07) is 7.59. The number of hydrogen-bond donors (Lipinski definition) is 1. The molecule has 0 radical (unpaired) electrons. The second-order valence-electron chi connectivity index (χ2n) is 7.21. The Kier molecular flexibility index (Phi) is 4.83. The molecule has 0 bridgehead atoms. The molecule has 2 saturated heterocycles. The zero-order valence-electron chi connectivity index (χ0n) is 15.5. The van der Waals surface area contributed by atoms with Crippen LogP contribution in [-0.2, 0) is 16.0 Å². The number of H-pyrrole nitrogens is 1. The number of aromatic amines is 1. The van der Waals surface area contributed by atoms with Crippen LogP contribution < -0.4 is 4.90 Å². The first kappa shape index (κ1) is 17.6. The highest BCUT2D eigenvalue weighted by Crippen LogP contribution is 2.29. The normalized spacial score (nSPS) is 18.0. The molecule has 2 amide bonds. The summed E-state index contributed by atoms with van der Waals surface area (Å²) in [6.45, 7) is 4.61. The molecule has 0 atom stereocenters. The molecule has 2 aliphatic heterocycles. The van der Waals surface area contributed by atoms with Crippen LogP contribution in [-0.4, -0.2) is 53.3 Å². The van der Waals surface area contributed by atoms with E-state index in [1.54, 1.807) is 4.90 Å². The fourth-order valence-electron chi connectivity index (χ4n) is 3.92. The van der Waals surface area contributed by atoms with Crippen molar-refractivity contribution in [3.05, 3.63) is 47.3 Å². The Bertz CT molecular complexity index is 822. The van der Waals surface area contributed by atoms with Crippen molar-refractivity contribution in [1.82, 2.24) is 15.1 Å². The molecule has 2 aliphatic rings. The first-order chi connectivity index (χ1) is 13.1. The molecule has 4 rings (SSSR count). The molecule has 1 aromatic heterocycles. The maximum absolute atomic E-state index is 12.6. The monoisotopic (exact) mass is 368 g/mol. The SMILES string of the molecule is Cc1[nH]ncc1C1CCN(C(=O)Cc2ccc(N3CCOC3=O)cc2)CC1. The van der Waals surface area contributed by atoms with Gasteiger partial charge >= 0.3 is 6.09 Å². The van der Waals surface area contributed by atoms with E-state index >= 15 is 0 Å². The maximum Gasteiger partial charge on any atom is 0.414 e. The Morgan fingerprint density at radius 1 is 1.22 bits per heavy atom. The van der Waals surface area contributed by atoms with Gasteiger partial charge in [0, 0.05) is 24.5 Å². The Labute approximate surface area is 158 Å². The number of rotatable bonds is 4. The van der Waals surface area contributed by atoms with Crippen molar-refractivity contribution in [3.63, 3.8) is 0 Å². The molecule has 0 unspecified atom stereocenters. The van der Waals surface area contributed by atoms with Gasteiger partial charge in [0.25, 0.3) is 0 Å². The van der Waals surface area contributed by atoms with Gasteiger partial charge in [0.2, 0.25) is 5.91 Å². The summed E-state index contributed by atoms with van der Waals surface area (Å²) in [5.41, 5.74) is 4.17. The van der Waals surface area contributed by atoms with E-state index in [9.17, 15) is 9.59 Å². The van der Waals surface area contributed by atoms with Gasteiger partial charge in [-0.05, 0) is 48.9 Å². The predicted molar refractivity (Wildman–Crippen MR) is 101 cm³/mol. The van der Waals surface area contributed by atoms with E-state index in [2.05, 4.69) is 10.2 Å². The summed E-state index contributed by atoms with van der Waals surface area (Å²) in [5.74, 6) is 0.637. The average Bonchev–Trinajstić information content (AvgIpc) is 3.31. The van der Waals surface area contributed by atoms with Crippen LogP contribution >= 0.6 is 0 Å². The van der Waals surface area contributed by atoms with E-state index in [1.165, 1.54) is 5.56 Å². The van der Waals surface area contributed by atoms with Gasteiger partial charge in [-0.2, -0.15) is 5.10 Å². The molecule has 1 N–H and O–H groups in total. The van der Waals surface area contributed by atoms with Crippen molar-refractivity contribution in [2.45, 2.75) is 32.1 Å². The molecule has 0 aliphatic carbocycles. The van der Waals surface area contributed by atoms with Gasteiger partial charge in [-0.15, -0.1) is 0 Å². The highest BCUT2D eigenvalue weighted by atomic mass is 16.6. The van der Waals surface area contributed by atoms with Crippen molar-refractivity contribution in [3.8, 4) is 0 Å². The Hall–Kier alpha value is -2.83. The van der Waals surface area contributed by atoms with Gasteiger partial charge in [0.15, 0.2) is 0 Å². The van der Waals surface area contributed by atoms with E-state index in [1.807, 2.05) is 42.3 Å². The number of aryl methyl sites for hydroxylation is 1. The van der Waals surface area contributed by atoms with Crippen molar-refractivity contribution in [2.75, 3.05) is 31.1 Å². The molecule has 0 spiro atoms. The number of cyclic esters (lactones) is 1. The van der Waals surface area contributed by atoms with Gasteiger partial charge in [-0.1, -0.05) is 12.1 Å². The largest absolute Gasteiger partial charge is 0.447 e. The Morgan fingerprint density at radius 3 is 2.56 bits per heavy atom. The zero-order valence-corrected chi connectivity index (χ0v) is 15.5. The highest BCUT2D eigenvalue weighted by molar-refractivity contribution is 5.89. The number of piperidine rings is 1. The van der Waals surface area contributed by atoms with Crippen LogP contribution in [0.15, 0.2) is 30.5 Å². The standard InChI is InChI=1S/C20H24N4O3/c1-14-18(13-21-22-14)16-6-8-23(9-7-16)19(25)12-15-2-4-17(5-3-15)24-10-11-27-20(24)26/h2-5,13,16H,6-12H2,1H3,(H,21,22). The van der Waals surface area contributed by atoms with Gasteiger partial charge in [0.1, 0.15) is 6.61 Å².